The molecule has 0 saturated heterocycles. The maximum atomic E-state index is 13.8. The molecule has 2 N–H and O–H groups in total. The van der Waals surface area contributed by atoms with Crippen LogP contribution in [0.3, 0.4) is 0 Å². The lowest BCUT2D eigenvalue weighted by Gasteiger charge is -2.25. The Labute approximate surface area is 165 Å². The third-order valence-corrected chi connectivity index (χ3v) is 4.83. The molecule has 0 bridgehead atoms. The van der Waals surface area contributed by atoms with Crippen LogP contribution < -0.4 is 10.6 Å². The largest absolute Gasteiger partial charge is 0.380 e. The minimum atomic E-state index is -0.250. The summed E-state index contributed by atoms with van der Waals surface area (Å²) in [7, 11) is 3.31. The molecule has 0 fully saturated rings. The molecule has 28 heavy (non-hydrogen) atoms. The zero-order valence-electron chi connectivity index (χ0n) is 17.0. The molecule has 2 aromatic rings. The van der Waals surface area contributed by atoms with E-state index in [1.165, 1.54) is 6.07 Å². The van der Waals surface area contributed by atoms with E-state index in [-0.39, 0.29) is 18.5 Å². The Morgan fingerprint density at radius 2 is 2.25 bits per heavy atom. The topological polar surface area (TPSA) is 76.4 Å². The highest BCUT2D eigenvalue weighted by molar-refractivity contribution is 5.79. The number of benzene rings is 1. The second-order valence-electron chi connectivity index (χ2n) is 7.39. The van der Waals surface area contributed by atoms with E-state index < -0.39 is 0 Å². The van der Waals surface area contributed by atoms with Crippen molar-refractivity contribution in [1.29, 1.82) is 0 Å². The Morgan fingerprint density at radius 3 is 2.96 bits per heavy atom. The second-order valence-corrected chi connectivity index (χ2v) is 7.39. The number of aromatic nitrogens is 3. The third kappa shape index (κ3) is 4.86. The standard InChI is InChI=1S/C20H29FN6O/c1-13(2)19-25-18-8-6-16(11-27(18)26-19)24-20(22-3)23-10-14-5-7-17(21)15(9-14)12-28-4/h5,7,9,13,16H,6,8,10-12H2,1-4H3,(H2,22,23,24). The number of hydrogen-bond acceptors (Lipinski definition) is 4. The Morgan fingerprint density at radius 1 is 1.43 bits per heavy atom. The third-order valence-electron chi connectivity index (χ3n) is 4.83. The predicted molar refractivity (Wildman–Crippen MR) is 107 cm³/mol. The fraction of sp³-hybridized carbons (Fsp3) is 0.550. The van der Waals surface area contributed by atoms with Crippen molar-refractivity contribution in [1.82, 2.24) is 25.4 Å². The number of aliphatic imine (C=N–C) groups is 1. The van der Waals surface area contributed by atoms with E-state index in [4.69, 9.17) is 4.74 Å². The highest BCUT2D eigenvalue weighted by Gasteiger charge is 2.23. The molecule has 7 nitrogen and oxygen atoms in total. The lowest BCUT2D eigenvalue weighted by atomic mass is 10.1. The van der Waals surface area contributed by atoms with E-state index in [1.807, 2.05) is 10.7 Å². The molecule has 0 radical (unpaired) electrons. The van der Waals surface area contributed by atoms with Crippen molar-refractivity contribution in [2.45, 2.75) is 58.3 Å². The highest BCUT2D eigenvalue weighted by Crippen LogP contribution is 2.17. The monoisotopic (exact) mass is 388 g/mol. The van der Waals surface area contributed by atoms with Gasteiger partial charge in [0.25, 0.3) is 0 Å². The molecule has 1 unspecified atom stereocenters. The molecule has 0 amide bonds. The molecule has 1 aliphatic heterocycles. The molecule has 0 saturated carbocycles. The molecule has 2 heterocycles. The number of hydrogen-bond donors (Lipinski definition) is 2. The van der Waals surface area contributed by atoms with Crippen LogP contribution in [-0.2, 0) is 30.9 Å². The Kier molecular flexibility index (Phi) is 6.61. The average Bonchev–Trinajstić information content (AvgIpc) is 3.11. The molecule has 0 aliphatic carbocycles. The van der Waals surface area contributed by atoms with Crippen molar-refractivity contribution < 1.29 is 9.13 Å². The summed E-state index contributed by atoms with van der Waals surface area (Å²) in [4.78, 5) is 8.94. The van der Waals surface area contributed by atoms with Crippen LogP contribution in [0.5, 0.6) is 0 Å². The first-order chi connectivity index (χ1) is 13.5. The van der Waals surface area contributed by atoms with Gasteiger partial charge in [0.15, 0.2) is 11.8 Å². The van der Waals surface area contributed by atoms with Gasteiger partial charge in [0.1, 0.15) is 11.6 Å². The molecule has 0 spiro atoms. The molecule has 8 heteroatoms. The SMILES string of the molecule is CN=C(NCc1ccc(F)c(COC)c1)NC1CCc2nc(C(C)C)nn2C1. The number of fused-ring (bicyclic) bond motifs is 1. The van der Waals surface area contributed by atoms with E-state index in [2.05, 4.69) is 39.6 Å². The van der Waals surface area contributed by atoms with E-state index in [1.54, 1.807) is 20.2 Å². The zero-order valence-corrected chi connectivity index (χ0v) is 17.0. The van der Waals surface area contributed by atoms with Crippen molar-refractivity contribution in [3.8, 4) is 0 Å². The van der Waals surface area contributed by atoms with Gasteiger partial charge in [-0.15, -0.1) is 0 Å². The van der Waals surface area contributed by atoms with Crippen molar-refractivity contribution in [2.75, 3.05) is 14.2 Å². The summed E-state index contributed by atoms with van der Waals surface area (Å²) in [5, 5.41) is 11.4. The van der Waals surface area contributed by atoms with Gasteiger partial charge in [-0.2, -0.15) is 5.10 Å². The van der Waals surface area contributed by atoms with Crippen molar-refractivity contribution >= 4 is 5.96 Å². The van der Waals surface area contributed by atoms with Crippen LogP contribution in [0.4, 0.5) is 4.39 Å². The number of methoxy groups -OCH3 is 1. The van der Waals surface area contributed by atoms with Crippen LogP contribution in [0.15, 0.2) is 23.2 Å². The molecule has 152 valence electrons. The number of nitrogens with zero attached hydrogens (tertiary/aromatic N) is 4. The molecule has 1 aromatic carbocycles. The minimum absolute atomic E-state index is 0.234. The number of guanidine groups is 1. The fourth-order valence-electron chi connectivity index (χ4n) is 3.27. The summed E-state index contributed by atoms with van der Waals surface area (Å²) in [5.74, 6) is 2.76. The maximum absolute atomic E-state index is 13.8. The van der Waals surface area contributed by atoms with Crippen LogP contribution in [0.25, 0.3) is 0 Å². The molecular formula is C20H29FN6O. The lowest BCUT2D eigenvalue weighted by molar-refractivity contribution is 0.181. The Hall–Kier alpha value is -2.48. The van der Waals surface area contributed by atoms with Gasteiger partial charge in [-0.05, 0) is 24.1 Å². The first kappa shape index (κ1) is 20.3. The van der Waals surface area contributed by atoms with Gasteiger partial charge >= 0.3 is 0 Å². The van der Waals surface area contributed by atoms with Gasteiger partial charge in [0.2, 0.25) is 0 Å². The Bertz CT molecular complexity index is 832. The number of aryl methyl sites for hydroxylation is 1. The lowest BCUT2D eigenvalue weighted by Crippen LogP contribution is -2.46. The quantitative estimate of drug-likeness (QED) is 0.587. The fourth-order valence-corrected chi connectivity index (χ4v) is 3.27. The first-order valence-electron chi connectivity index (χ1n) is 9.67. The minimum Gasteiger partial charge on any atom is -0.380 e. The van der Waals surface area contributed by atoms with E-state index in [0.29, 0.717) is 18.0 Å². The molecule has 1 aromatic heterocycles. The summed E-state index contributed by atoms with van der Waals surface area (Å²) in [6, 6.07) is 5.29. The number of nitrogens with one attached hydrogen (secondary N) is 2. The summed E-state index contributed by atoms with van der Waals surface area (Å²) >= 11 is 0. The number of halogens is 1. The summed E-state index contributed by atoms with van der Waals surface area (Å²) in [6.45, 7) is 5.79. The normalized spacial score (nSPS) is 16.9. The Balaban J connectivity index is 1.57. The summed E-state index contributed by atoms with van der Waals surface area (Å²) < 4.78 is 20.8. The van der Waals surface area contributed by atoms with Crippen LogP contribution in [-0.4, -0.2) is 40.9 Å². The van der Waals surface area contributed by atoms with Crippen LogP contribution >= 0.6 is 0 Å². The van der Waals surface area contributed by atoms with Gasteiger partial charge in [-0.25, -0.2) is 14.1 Å². The average molecular weight is 388 g/mol. The van der Waals surface area contributed by atoms with Gasteiger partial charge in [-0.1, -0.05) is 19.9 Å². The summed E-state index contributed by atoms with van der Waals surface area (Å²) in [5.41, 5.74) is 1.52. The molecular weight excluding hydrogens is 359 g/mol. The first-order valence-corrected chi connectivity index (χ1v) is 9.67. The van der Waals surface area contributed by atoms with E-state index >= 15 is 0 Å². The number of rotatable bonds is 6. The molecule has 1 atom stereocenters. The van der Waals surface area contributed by atoms with Crippen molar-refractivity contribution in [3.05, 3.63) is 46.8 Å². The van der Waals surface area contributed by atoms with Crippen LogP contribution in [0, 0.1) is 5.82 Å². The second kappa shape index (κ2) is 9.14. The van der Waals surface area contributed by atoms with Gasteiger partial charge in [0.05, 0.1) is 13.2 Å². The van der Waals surface area contributed by atoms with Gasteiger partial charge in [0, 0.05) is 44.6 Å². The summed E-state index contributed by atoms with van der Waals surface area (Å²) in [6.07, 6.45) is 1.87. The molecule has 3 rings (SSSR count). The van der Waals surface area contributed by atoms with Crippen molar-refractivity contribution in [3.63, 3.8) is 0 Å². The molecule has 1 aliphatic rings. The van der Waals surface area contributed by atoms with Crippen LogP contribution in [0.2, 0.25) is 0 Å². The predicted octanol–water partition coefficient (Wildman–Crippen LogP) is 2.37. The van der Waals surface area contributed by atoms with Crippen LogP contribution in [0.1, 0.15) is 49.0 Å². The van der Waals surface area contributed by atoms with Gasteiger partial charge < -0.3 is 15.4 Å². The zero-order chi connectivity index (χ0) is 20.1. The van der Waals surface area contributed by atoms with E-state index in [0.717, 1.165) is 42.6 Å². The maximum Gasteiger partial charge on any atom is 0.191 e. The van der Waals surface area contributed by atoms with Gasteiger partial charge in [-0.3, -0.25) is 4.99 Å². The number of ether oxygens (including phenoxy) is 1. The smallest absolute Gasteiger partial charge is 0.191 e. The van der Waals surface area contributed by atoms with Crippen molar-refractivity contribution in [2.24, 2.45) is 4.99 Å². The van der Waals surface area contributed by atoms with E-state index in [9.17, 15) is 4.39 Å². The highest BCUT2D eigenvalue weighted by atomic mass is 19.1.